The smallest absolute Gasteiger partial charge is 0.328 e. The van der Waals surface area contributed by atoms with Crippen LogP contribution in [0, 0.1) is 0 Å². The van der Waals surface area contributed by atoms with Crippen molar-refractivity contribution >= 4 is 34.2 Å². The summed E-state index contributed by atoms with van der Waals surface area (Å²) < 4.78 is 56.5. The predicted octanol–water partition coefficient (Wildman–Crippen LogP) is 6.32. The van der Waals surface area contributed by atoms with E-state index in [4.69, 9.17) is 40.1 Å². The maximum Gasteiger partial charge on any atom is 0.328 e. The Balaban J connectivity index is 5.94. The molecule has 4 atom stereocenters. The van der Waals surface area contributed by atoms with E-state index in [1.165, 1.54) is 0 Å². The van der Waals surface area contributed by atoms with Crippen molar-refractivity contribution in [3.05, 3.63) is 0 Å². The lowest BCUT2D eigenvalue weighted by Gasteiger charge is -2.44. The molecule has 0 saturated carbocycles. The van der Waals surface area contributed by atoms with Gasteiger partial charge in [-0.1, -0.05) is 27.7 Å². The van der Waals surface area contributed by atoms with Crippen LogP contribution in [-0.2, 0) is 40.1 Å². The van der Waals surface area contributed by atoms with E-state index in [-0.39, 0.29) is 0 Å². The summed E-state index contributed by atoms with van der Waals surface area (Å²) in [6, 6.07) is 2.87. The Morgan fingerprint density at radius 2 is 0.590 bits per heavy atom. The molecule has 0 aliphatic carbocycles. The monoisotopic (exact) mass is 630 g/mol. The molecule has 0 fully saturated rings. The van der Waals surface area contributed by atoms with Gasteiger partial charge >= 0.3 is 34.2 Å². The van der Waals surface area contributed by atoms with Crippen LogP contribution in [0.5, 0.6) is 0 Å². The molecular weight excluding hydrogens is 569 g/mol. The van der Waals surface area contributed by atoms with Gasteiger partial charge in [-0.25, -0.2) is 0 Å². The third-order valence-corrected chi connectivity index (χ3v) is 22.9. The zero-order chi connectivity index (χ0) is 29.7. The molecule has 0 aliphatic heterocycles. The second-order valence-electron chi connectivity index (χ2n) is 10.7. The Kier molecular flexibility index (Phi) is 22.4. The van der Waals surface area contributed by atoms with Crippen LogP contribution in [0.4, 0.5) is 0 Å². The van der Waals surface area contributed by atoms with Gasteiger partial charge in [-0.15, -0.1) is 0 Å². The largest absolute Gasteiger partial charge is 0.415 e. The van der Waals surface area contributed by atoms with Gasteiger partial charge in [-0.3, -0.25) is 0 Å². The minimum Gasteiger partial charge on any atom is -0.415 e. The van der Waals surface area contributed by atoms with Crippen LogP contribution in [0.15, 0.2) is 0 Å². The summed E-state index contributed by atoms with van der Waals surface area (Å²) in [7, 11) is -7.27. The van der Waals surface area contributed by atoms with Crippen LogP contribution in [0.25, 0.3) is 0 Å². The van der Waals surface area contributed by atoms with E-state index in [1.807, 2.05) is 0 Å². The van der Waals surface area contributed by atoms with Crippen molar-refractivity contribution in [2.45, 2.75) is 104 Å². The molecule has 236 valence electrons. The summed E-state index contributed by atoms with van der Waals surface area (Å²) in [5.74, 6) is 0. The molecule has 0 bridgehead atoms. The molecule has 39 heavy (non-hydrogen) atoms. The van der Waals surface area contributed by atoms with Crippen LogP contribution in [-0.4, -0.2) is 101 Å². The Hall–Kier alpha value is 0.508. The molecule has 9 nitrogen and oxygen atoms in total. The quantitative estimate of drug-likeness (QED) is 0.0728. The Morgan fingerprint density at radius 3 is 0.821 bits per heavy atom. The molecule has 0 radical (unpaired) electrons. The Bertz CT molecular complexity index is 550. The van der Waals surface area contributed by atoms with Crippen LogP contribution in [0.2, 0.25) is 50.4 Å². The van der Waals surface area contributed by atoms with Crippen molar-refractivity contribution in [1.82, 2.24) is 0 Å². The number of hydrogen-bond acceptors (Lipinski definition) is 9. The van der Waals surface area contributed by atoms with Gasteiger partial charge in [0.1, 0.15) is 0 Å². The molecule has 0 aromatic carbocycles. The van der Waals surface area contributed by atoms with Gasteiger partial charge in [0.15, 0.2) is 0 Å². The molecule has 0 aromatic heterocycles. The molecule has 0 aliphatic rings. The summed E-state index contributed by atoms with van der Waals surface area (Å²) >= 11 is 0. The molecule has 0 saturated heterocycles. The molecular formula is C26H62O9Si4. The van der Waals surface area contributed by atoms with Crippen LogP contribution in [0.1, 0.15) is 53.4 Å². The maximum atomic E-state index is 7.14. The average Bonchev–Trinajstić information content (AvgIpc) is 2.89. The second-order valence-corrected chi connectivity index (χ2v) is 25.0. The zero-order valence-corrected chi connectivity index (χ0v) is 31.0. The first-order valence-electron chi connectivity index (χ1n) is 15.0. The van der Waals surface area contributed by atoms with Crippen molar-refractivity contribution in [3.63, 3.8) is 0 Å². The minimum atomic E-state index is -2.81. The highest BCUT2D eigenvalue weighted by molar-refractivity contribution is 6.88. The first kappa shape index (κ1) is 39.5. The van der Waals surface area contributed by atoms with Crippen molar-refractivity contribution in [2.24, 2.45) is 0 Å². The first-order chi connectivity index (χ1) is 18.5. The predicted molar refractivity (Wildman–Crippen MR) is 167 cm³/mol. The van der Waals surface area contributed by atoms with E-state index < -0.39 is 34.2 Å². The first-order valence-corrected chi connectivity index (χ1v) is 25.1. The van der Waals surface area contributed by atoms with Gasteiger partial charge in [0.2, 0.25) is 0 Å². The van der Waals surface area contributed by atoms with Gasteiger partial charge in [-0.05, 0) is 51.9 Å². The van der Waals surface area contributed by atoms with E-state index in [2.05, 4.69) is 53.9 Å². The fourth-order valence-corrected chi connectivity index (χ4v) is 21.7. The second kappa shape index (κ2) is 22.1. The van der Waals surface area contributed by atoms with Crippen molar-refractivity contribution in [1.29, 1.82) is 0 Å². The van der Waals surface area contributed by atoms with E-state index in [1.54, 1.807) is 14.2 Å². The van der Waals surface area contributed by atoms with E-state index >= 15 is 0 Å². The molecule has 0 spiro atoms. The van der Waals surface area contributed by atoms with Crippen molar-refractivity contribution in [3.8, 4) is 0 Å². The van der Waals surface area contributed by atoms with Gasteiger partial charge in [0, 0.05) is 91.3 Å². The summed E-state index contributed by atoms with van der Waals surface area (Å²) in [5.41, 5.74) is 0. The number of hydrogen-bond donors (Lipinski definition) is 0. The average molecular weight is 631 g/mol. The van der Waals surface area contributed by atoms with Crippen LogP contribution < -0.4 is 0 Å². The summed E-state index contributed by atoms with van der Waals surface area (Å²) in [4.78, 5) is 0. The number of rotatable bonds is 28. The van der Waals surface area contributed by atoms with Crippen LogP contribution in [0.3, 0.4) is 0 Å². The lowest BCUT2D eigenvalue weighted by atomic mass is 10.5. The van der Waals surface area contributed by atoms with Crippen molar-refractivity contribution < 1.29 is 40.1 Å². The minimum absolute atomic E-state index is 0.581. The summed E-state index contributed by atoms with van der Waals surface area (Å²) in [6.45, 7) is 22.2. The lowest BCUT2D eigenvalue weighted by Crippen LogP contribution is -2.61. The van der Waals surface area contributed by atoms with E-state index in [0.717, 1.165) is 64.2 Å². The highest BCUT2D eigenvalue weighted by Gasteiger charge is 2.50. The van der Waals surface area contributed by atoms with Gasteiger partial charge in [-0.2, -0.15) is 0 Å². The standard InChI is InChI=1S/C26H62O9Si4/c1-11-15-29-19-23-36(7,27-5)33-38(9,25-21-31-17-13-3)35-39(10,26-22-32-18-14-4)34-37(8,28-6)24-20-30-16-12-2/h11-26H2,1-10H3. The molecule has 0 amide bonds. The third kappa shape index (κ3) is 18.6. The molecule has 0 rings (SSSR count). The normalized spacial score (nSPS) is 18.3. The zero-order valence-electron chi connectivity index (χ0n) is 27.0. The van der Waals surface area contributed by atoms with Crippen LogP contribution >= 0.6 is 0 Å². The maximum absolute atomic E-state index is 7.14. The van der Waals surface area contributed by atoms with Crippen molar-refractivity contribution in [2.75, 3.05) is 67.1 Å². The third-order valence-electron chi connectivity index (χ3n) is 6.35. The summed E-state index contributed by atoms with van der Waals surface area (Å²) in [6.07, 6.45) is 3.93. The van der Waals surface area contributed by atoms with Gasteiger partial charge in [0.25, 0.3) is 0 Å². The number of ether oxygens (including phenoxy) is 4. The lowest BCUT2D eigenvalue weighted by molar-refractivity contribution is 0.128. The molecule has 0 heterocycles. The fraction of sp³-hybridized carbons (Fsp3) is 1.00. The topological polar surface area (TPSA) is 83.1 Å². The van der Waals surface area contributed by atoms with Gasteiger partial charge in [0.05, 0.1) is 0 Å². The summed E-state index contributed by atoms with van der Waals surface area (Å²) in [5, 5.41) is 0. The van der Waals surface area contributed by atoms with E-state index in [0.29, 0.717) is 38.5 Å². The highest BCUT2D eigenvalue weighted by Crippen LogP contribution is 2.31. The molecule has 4 unspecified atom stereocenters. The van der Waals surface area contributed by atoms with Gasteiger partial charge < -0.3 is 40.1 Å². The van der Waals surface area contributed by atoms with E-state index in [9.17, 15) is 0 Å². The Labute approximate surface area is 244 Å². The molecule has 0 N–H and O–H groups in total. The highest BCUT2D eigenvalue weighted by atomic mass is 28.5. The molecule has 0 aromatic rings. The molecule has 13 heteroatoms. The SMILES string of the molecule is CCCOCC[Si](C)(OC)O[Si](C)(CCOCCC)O[Si](C)(CCOCCC)O[Si](C)(CCOCCC)OC. The Morgan fingerprint density at radius 1 is 0.359 bits per heavy atom. The fourth-order valence-electron chi connectivity index (χ4n) is 4.02.